The molecule has 3 rings (SSSR count). The van der Waals surface area contributed by atoms with Crippen LogP contribution in [0.3, 0.4) is 0 Å². The quantitative estimate of drug-likeness (QED) is 0.242. The van der Waals surface area contributed by atoms with Gasteiger partial charge in [-0.3, -0.25) is 0 Å². The Hall–Kier alpha value is -3.42. The van der Waals surface area contributed by atoms with Crippen molar-refractivity contribution >= 4 is 11.8 Å². The van der Waals surface area contributed by atoms with Crippen LogP contribution < -0.4 is 21.7 Å². The maximum absolute atomic E-state index is 12.1. The van der Waals surface area contributed by atoms with Crippen molar-refractivity contribution in [1.29, 1.82) is 0 Å². The summed E-state index contributed by atoms with van der Waals surface area (Å²) in [5.41, 5.74) is 9.90. The highest BCUT2D eigenvalue weighted by atomic mass is 16.3. The number of aliphatic hydroxyl groups is 1. The summed E-state index contributed by atoms with van der Waals surface area (Å²) in [5, 5.41) is 19.6. The van der Waals surface area contributed by atoms with E-state index in [9.17, 15) is 9.90 Å². The van der Waals surface area contributed by atoms with Gasteiger partial charge >= 0.3 is 6.03 Å². The van der Waals surface area contributed by atoms with Crippen molar-refractivity contribution in [1.82, 2.24) is 20.9 Å². The summed E-state index contributed by atoms with van der Waals surface area (Å²) in [6, 6.07) is 22.1. The lowest BCUT2D eigenvalue weighted by atomic mass is 10.0. The fourth-order valence-corrected chi connectivity index (χ4v) is 3.88. The molecule has 35 heavy (non-hydrogen) atoms. The van der Waals surface area contributed by atoms with Crippen LogP contribution in [0.15, 0.2) is 72.9 Å². The number of carbonyl (C=O) groups excluding carboxylic acids is 1. The van der Waals surface area contributed by atoms with Gasteiger partial charge in [0.25, 0.3) is 0 Å². The second-order valence-corrected chi connectivity index (χ2v) is 8.92. The van der Waals surface area contributed by atoms with Crippen LogP contribution >= 0.6 is 0 Å². The molecule has 2 aromatic carbocycles. The average Bonchev–Trinajstić information content (AvgIpc) is 2.87. The summed E-state index contributed by atoms with van der Waals surface area (Å²) in [6.45, 7) is 3.66. The highest BCUT2D eigenvalue weighted by Crippen LogP contribution is 2.13. The van der Waals surface area contributed by atoms with Crippen LogP contribution in [0.1, 0.15) is 48.1 Å². The Kier molecular flexibility index (Phi) is 10.5. The number of nitrogens with two attached hydrogens (primary N) is 1. The molecule has 0 radical (unpaired) electrons. The molecule has 0 bridgehead atoms. The molecule has 0 saturated heterocycles. The first-order valence-corrected chi connectivity index (χ1v) is 12.3. The average molecular weight is 476 g/mol. The van der Waals surface area contributed by atoms with E-state index in [-0.39, 0.29) is 12.1 Å². The van der Waals surface area contributed by atoms with Gasteiger partial charge in [-0.1, -0.05) is 60.7 Å². The number of hydrogen-bond acceptors (Lipinski definition) is 5. The number of hydrogen-bond donors (Lipinski definition) is 5. The second kappa shape index (κ2) is 14.1. The summed E-state index contributed by atoms with van der Waals surface area (Å²) in [7, 11) is 0. The molecule has 0 spiro atoms. The number of nitrogens with one attached hydrogen (secondary N) is 3. The third kappa shape index (κ3) is 9.76. The van der Waals surface area contributed by atoms with E-state index in [0.717, 1.165) is 36.8 Å². The van der Waals surface area contributed by atoms with E-state index in [1.807, 2.05) is 18.2 Å². The largest absolute Gasteiger partial charge is 0.387 e. The smallest absolute Gasteiger partial charge is 0.315 e. The Bertz CT molecular complexity index is 1030. The van der Waals surface area contributed by atoms with Gasteiger partial charge in [0.2, 0.25) is 0 Å². The van der Waals surface area contributed by atoms with Gasteiger partial charge in [-0.2, -0.15) is 0 Å². The zero-order valence-corrected chi connectivity index (χ0v) is 20.4. The number of aromatic nitrogens is 1. The molecule has 0 saturated carbocycles. The third-order valence-corrected chi connectivity index (χ3v) is 5.86. The van der Waals surface area contributed by atoms with E-state index in [1.165, 1.54) is 11.1 Å². The van der Waals surface area contributed by atoms with Crippen molar-refractivity contribution < 1.29 is 9.90 Å². The van der Waals surface area contributed by atoms with Crippen LogP contribution in [0.2, 0.25) is 0 Å². The predicted molar refractivity (Wildman–Crippen MR) is 141 cm³/mol. The van der Waals surface area contributed by atoms with Gasteiger partial charge in [-0.05, 0) is 55.4 Å². The summed E-state index contributed by atoms with van der Waals surface area (Å²) < 4.78 is 0. The van der Waals surface area contributed by atoms with E-state index in [0.29, 0.717) is 25.5 Å². The Labute approximate surface area is 208 Å². The molecule has 0 fully saturated rings. The summed E-state index contributed by atoms with van der Waals surface area (Å²) >= 11 is 0. The number of benzene rings is 2. The lowest BCUT2D eigenvalue weighted by molar-refractivity contribution is 0.170. The van der Waals surface area contributed by atoms with Crippen LogP contribution in [-0.4, -0.2) is 35.3 Å². The van der Waals surface area contributed by atoms with Crippen molar-refractivity contribution in [2.75, 3.05) is 18.8 Å². The molecular formula is C28H37N5O2. The number of nitrogen functional groups attached to an aromatic ring is 1. The Morgan fingerprint density at radius 3 is 2.51 bits per heavy atom. The van der Waals surface area contributed by atoms with E-state index < -0.39 is 6.10 Å². The number of rotatable bonds is 13. The molecule has 6 N–H and O–H groups in total. The zero-order chi connectivity index (χ0) is 24.9. The molecule has 0 aliphatic carbocycles. The topological polar surface area (TPSA) is 112 Å². The minimum atomic E-state index is -0.641. The number of amides is 2. The summed E-state index contributed by atoms with van der Waals surface area (Å²) in [4.78, 5) is 16.2. The second-order valence-electron chi connectivity index (χ2n) is 8.92. The molecule has 3 aromatic rings. The van der Waals surface area contributed by atoms with Crippen LogP contribution in [0.5, 0.6) is 0 Å². The monoisotopic (exact) mass is 475 g/mol. The minimum absolute atomic E-state index is 0.142. The van der Waals surface area contributed by atoms with Crippen molar-refractivity contribution in [3.8, 4) is 0 Å². The Morgan fingerprint density at radius 2 is 1.74 bits per heavy atom. The number of anilines is 1. The van der Waals surface area contributed by atoms with Crippen molar-refractivity contribution in [3.63, 3.8) is 0 Å². The number of urea groups is 1. The van der Waals surface area contributed by atoms with Gasteiger partial charge < -0.3 is 26.8 Å². The van der Waals surface area contributed by atoms with Gasteiger partial charge in [0, 0.05) is 37.4 Å². The maximum atomic E-state index is 12.1. The molecule has 0 unspecified atom stereocenters. The van der Waals surface area contributed by atoms with Gasteiger partial charge in [-0.15, -0.1) is 0 Å². The molecule has 0 aliphatic heterocycles. The fourth-order valence-electron chi connectivity index (χ4n) is 3.88. The van der Waals surface area contributed by atoms with Gasteiger partial charge in [0.1, 0.15) is 5.82 Å². The molecule has 2 atom stereocenters. The fraction of sp³-hybridized carbons (Fsp3) is 0.357. The molecule has 1 aromatic heterocycles. The maximum Gasteiger partial charge on any atom is 0.315 e. The highest BCUT2D eigenvalue weighted by Gasteiger charge is 2.11. The summed E-state index contributed by atoms with van der Waals surface area (Å²) in [6.07, 6.45) is 4.80. The van der Waals surface area contributed by atoms with E-state index in [4.69, 9.17) is 5.73 Å². The van der Waals surface area contributed by atoms with E-state index in [2.05, 4.69) is 64.3 Å². The number of nitrogens with zero attached hydrogens (tertiary/aromatic N) is 1. The molecular weight excluding hydrogens is 438 g/mol. The molecule has 0 aliphatic rings. The SMILES string of the molecule is C[C@H](Cc1cccc(CNC(=O)NCCCCc2ccccc2)c1)NC[C@@H](O)c1ccc(N)nc1. The lowest BCUT2D eigenvalue weighted by Crippen LogP contribution is -2.35. The first-order valence-electron chi connectivity index (χ1n) is 12.3. The van der Waals surface area contributed by atoms with Crippen molar-refractivity contribution in [3.05, 3.63) is 95.2 Å². The molecule has 7 nitrogen and oxygen atoms in total. The van der Waals surface area contributed by atoms with E-state index in [1.54, 1.807) is 18.3 Å². The number of aliphatic hydroxyl groups excluding tert-OH is 1. The molecule has 2 amide bonds. The third-order valence-electron chi connectivity index (χ3n) is 5.86. The predicted octanol–water partition coefficient (Wildman–Crippen LogP) is 3.74. The van der Waals surface area contributed by atoms with Gasteiger partial charge in [-0.25, -0.2) is 9.78 Å². The van der Waals surface area contributed by atoms with Crippen LogP contribution in [0.4, 0.5) is 10.6 Å². The standard InChI is InChI=1S/C28H37N5O2/c1-21(31-20-26(34)25-13-14-27(29)32-19-25)16-23-11-7-12-24(17-23)18-33-28(35)30-15-6-5-10-22-8-3-2-4-9-22/h2-4,7-9,11-14,17,19,21,26,31,34H,5-6,10,15-16,18,20H2,1H3,(H2,29,32)(H2,30,33,35)/t21-,26-/m1/s1. The van der Waals surface area contributed by atoms with Crippen molar-refractivity contribution in [2.45, 2.75) is 51.3 Å². The number of pyridine rings is 1. The number of carbonyl (C=O) groups is 1. The molecule has 7 heteroatoms. The lowest BCUT2D eigenvalue weighted by Gasteiger charge is -2.18. The Balaban J connectivity index is 1.32. The van der Waals surface area contributed by atoms with Gasteiger partial charge in [0.05, 0.1) is 6.10 Å². The minimum Gasteiger partial charge on any atom is -0.387 e. The molecule has 1 heterocycles. The van der Waals surface area contributed by atoms with E-state index >= 15 is 0 Å². The van der Waals surface area contributed by atoms with Crippen LogP contribution in [0, 0.1) is 0 Å². The number of unbranched alkanes of at least 4 members (excludes halogenated alkanes) is 1. The van der Waals surface area contributed by atoms with Crippen molar-refractivity contribution in [2.24, 2.45) is 0 Å². The number of aryl methyl sites for hydroxylation is 1. The highest BCUT2D eigenvalue weighted by molar-refractivity contribution is 5.73. The zero-order valence-electron chi connectivity index (χ0n) is 20.4. The first-order chi connectivity index (χ1) is 17.0. The summed E-state index contributed by atoms with van der Waals surface area (Å²) in [5.74, 6) is 0.438. The van der Waals surface area contributed by atoms with Gasteiger partial charge in [0.15, 0.2) is 0 Å². The van der Waals surface area contributed by atoms with Crippen LogP contribution in [-0.2, 0) is 19.4 Å². The first kappa shape index (κ1) is 26.2. The Morgan fingerprint density at radius 1 is 0.971 bits per heavy atom. The van der Waals surface area contributed by atoms with Crippen LogP contribution in [0.25, 0.3) is 0 Å². The normalized spacial score (nSPS) is 12.6. The molecule has 186 valence electrons.